The normalized spacial score (nSPS) is 19.4. The van der Waals surface area contributed by atoms with Crippen LogP contribution in [0.2, 0.25) is 0 Å². The number of ether oxygens (including phenoxy) is 2. The maximum atomic E-state index is 12.8. The number of nitrogens with zero attached hydrogens (tertiary/aromatic N) is 5. The third-order valence-electron chi connectivity index (χ3n) is 5.37. The summed E-state index contributed by atoms with van der Waals surface area (Å²) in [5.74, 6) is 1.40. The average molecular weight is 387 g/mol. The molecule has 2 aliphatic heterocycles. The lowest BCUT2D eigenvalue weighted by atomic mass is 10.1. The first-order valence-electron chi connectivity index (χ1n) is 9.49. The minimum Gasteiger partial charge on any atom is -0.497 e. The fourth-order valence-electron chi connectivity index (χ4n) is 3.79. The van der Waals surface area contributed by atoms with E-state index >= 15 is 0 Å². The molecule has 1 aromatic heterocycles. The Morgan fingerprint density at radius 1 is 1.25 bits per heavy atom. The van der Waals surface area contributed by atoms with E-state index in [-0.39, 0.29) is 18.0 Å². The maximum absolute atomic E-state index is 12.8. The van der Waals surface area contributed by atoms with E-state index in [1.165, 1.54) is 4.68 Å². The molecule has 150 valence electrons. The predicted octanol–water partition coefficient (Wildman–Crippen LogP) is 0.401. The van der Waals surface area contributed by atoms with Crippen LogP contribution >= 0.6 is 0 Å². The second-order valence-corrected chi connectivity index (χ2v) is 7.05. The molecule has 0 bridgehead atoms. The van der Waals surface area contributed by atoms with Crippen LogP contribution in [-0.2, 0) is 23.1 Å². The molecule has 2 aliphatic rings. The number of anilines is 1. The highest BCUT2D eigenvalue weighted by molar-refractivity contribution is 5.77. The van der Waals surface area contributed by atoms with Gasteiger partial charge >= 0.3 is 5.69 Å². The van der Waals surface area contributed by atoms with Crippen LogP contribution in [0.25, 0.3) is 0 Å². The van der Waals surface area contributed by atoms with Gasteiger partial charge in [0, 0.05) is 45.0 Å². The average Bonchev–Trinajstić information content (AvgIpc) is 3.03. The van der Waals surface area contributed by atoms with Gasteiger partial charge in [0.15, 0.2) is 5.82 Å². The van der Waals surface area contributed by atoms with Crippen molar-refractivity contribution >= 4 is 11.6 Å². The first-order valence-corrected chi connectivity index (χ1v) is 9.49. The number of hydrogen-bond acceptors (Lipinski definition) is 6. The topological polar surface area (TPSA) is 81.8 Å². The summed E-state index contributed by atoms with van der Waals surface area (Å²) in [6, 6.07) is 7.95. The molecule has 2 aromatic rings. The third kappa shape index (κ3) is 3.49. The van der Waals surface area contributed by atoms with Gasteiger partial charge in [-0.3, -0.25) is 9.36 Å². The predicted molar refractivity (Wildman–Crippen MR) is 103 cm³/mol. The number of aromatic nitrogens is 3. The van der Waals surface area contributed by atoms with Crippen LogP contribution in [0.5, 0.6) is 5.75 Å². The van der Waals surface area contributed by atoms with E-state index in [2.05, 4.69) is 16.1 Å². The Hall–Kier alpha value is -2.81. The monoisotopic (exact) mass is 387 g/mol. The second kappa shape index (κ2) is 7.67. The van der Waals surface area contributed by atoms with Crippen molar-refractivity contribution in [3.05, 3.63) is 40.6 Å². The van der Waals surface area contributed by atoms with Crippen molar-refractivity contribution in [1.82, 2.24) is 19.2 Å². The molecule has 9 heteroatoms. The molecule has 0 radical (unpaired) electrons. The molecule has 3 heterocycles. The standard InChI is InChI=1S/C19H25N5O4/c1-21-19(26)24-10-11-28-16(18(24)20-21)13-17(25)23-8-6-22(7-9-23)14-4-3-5-15(12-14)27-2/h3-5,12,16H,6-11,13H2,1-2H3. The van der Waals surface area contributed by atoms with Gasteiger partial charge in [-0.2, -0.15) is 5.10 Å². The Morgan fingerprint density at radius 3 is 2.79 bits per heavy atom. The van der Waals surface area contributed by atoms with E-state index in [4.69, 9.17) is 9.47 Å². The number of piperazine rings is 1. The molecule has 0 aliphatic carbocycles. The number of amides is 1. The van der Waals surface area contributed by atoms with Crippen molar-refractivity contribution in [2.75, 3.05) is 44.8 Å². The number of carbonyl (C=O) groups excluding carboxylic acids is 1. The maximum Gasteiger partial charge on any atom is 0.345 e. The van der Waals surface area contributed by atoms with Gasteiger partial charge in [0.05, 0.1) is 26.7 Å². The van der Waals surface area contributed by atoms with Crippen molar-refractivity contribution in [1.29, 1.82) is 0 Å². The minimum absolute atomic E-state index is 0.0295. The molecular weight excluding hydrogens is 362 g/mol. The molecule has 1 atom stereocenters. The van der Waals surface area contributed by atoms with Crippen LogP contribution in [0.1, 0.15) is 18.3 Å². The number of methoxy groups -OCH3 is 1. The molecular formula is C19H25N5O4. The Labute approximate surface area is 163 Å². The summed E-state index contributed by atoms with van der Waals surface area (Å²) in [6.07, 6.45) is -0.262. The van der Waals surface area contributed by atoms with E-state index in [9.17, 15) is 9.59 Å². The fourth-order valence-corrected chi connectivity index (χ4v) is 3.79. The smallest absolute Gasteiger partial charge is 0.345 e. The lowest BCUT2D eigenvalue weighted by Gasteiger charge is -2.37. The highest BCUT2D eigenvalue weighted by Crippen LogP contribution is 2.25. The quantitative estimate of drug-likeness (QED) is 0.755. The molecule has 1 amide bonds. The second-order valence-electron chi connectivity index (χ2n) is 7.05. The molecule has 0 spiro atoms. The zero-order valence-corrected chi connectivity index (χ0v) is 16.2. The summed E-state index contributed by atoms with van der Waals surface area (Å²) >= 11 is 0. The first-order chi connectivity index (χ1) is 13.6. The van der Waals surface area contributed by atoms with Gasteiger partial charge in [-0.25, -0.2) is 9.48 Å². The number of rotatable bonds is 4. The van der Waals surface area contributed by atoms with E-state index < -0.39 is 6.10 Å². The van der Waals surface area contributed by atoms with Gasteiger partial charge < -0.3 is 19.3 Å². The lowest BCUT2D eigenvalue weighted by molar-refractivity contribution is -0.135. The summed E-state index contributed by atoms with van der Waals surface area (Å²) in [7, 11) is 3.27. The molecule has 1 fully saturated rings. The summed E-state index contributed by atoms with van der Waals surface area (Å²) < 4.78 is 13.9. The number of carbonyl (C=O) groups is 1. The number of aryl methyl sites for hydroxylation is 1. The first kappa shape index (κ1) is 18.5. The largest absolute Gasteiger partial charge is 0.497 e. The molecule has 1 saturated heterocycles. The Kier molecular flexibility index (Phi) is 5.08. The molecule has 0 saturated carbocycles. The molecule has 0 N–H and O–H groups in total. The molecule has 1 aromatic carbocycles. The van der Waals surface area contributed by atoms with Gasteiger partial charge in [-0.1, -0.05) is 6.07 Å². The zero-order chi connectivity index (χ0) is 19.7. The number of fused-ring (bicyclic) bond motifs is 1. The highest BCUT2D eigenvalue weighted by atomic mass is 16.5. The van der Waals surface area contributed by atoms with Crippen LogP contribution in [-0.4, -0.2) is 65.1 Å². The number of hydrogen-bond donors (Lipinski definition) is 0. The van der Waals surface area contributed by atoms with Crippen LogP contribution < -0.4 is 15.3 Å². The van der Waals surface area contributed by atoms with Crippen LogP contribution in [0.15, 0.2) is 29.1 Å². The van der Waals surface area contributed by atoms with Gasteiger partial charge in [-0.05, 0) is 12.1 Å². The minimum atomic E-state index is -0.466. The van der Waals surface area contributed by atoms with E-state index in [0.29, 0.717) is 32.1 Å². The van der Waals surface area contributed by atoms with Crippen LogP contribution in [0.3, 0.4) is 0 Å². The van der Waals surface area contributed by atoms with Gasteiger partial charge in [-0.15, -0.1) is 0 Å². The van der Waals surface area contributed by atoms with E-state index in [1.54, 1.807) is 18.7 Å². The van der Waals surface area contributed by atoms with Crippen LogP contribution in [0.4, 0.5) is 5.69 Å². The van der Waals surface area contributed by atoms with Crippen molar-refractivity contribution in [3.8, 4) is 5.75 Å². The Balaban J connectivity index is 1.37. The van der Waals surface area contributed by atoms with Crippen molar-refractivity contribution in [2.45, 2.75) is 19.1 Å². The summed E-state index contributed by atoms with van der Waals surface area (Å²) in [6.45, 7) is 3.72. The van der Waals surface area contributed by atoms with Gasteiger partial charge in [0.1, 0.15) is 11.9 Å². The molecule has 4 rings (SSSR count). The summed E-state index contributed by atoms with van der Waals surface area (Å²) in [5, 5.41) is 4.25. The van der Waals surface area contributed by atoms with Crippen molar-refractivity contribution in [3.63, 3.8) is 0 Å². The molecule has 9 nitrogen and oxygen atoms in total. The highest BCUT2D eigenvalue weighted by Gasteiger charge is 2.30. The van der Waals surface area contributed by atoms with E-state index in [1.807, 2.05) is 23.1 Å². The lowest BCUT2D eigenvalue weighted by Crippen LogP contribution is -2.49. The van der Waals surface area contributed by atoms with E-state index in [0.717, 1.165) is 24.5 Å². The SMILES string of the molecule is COc1cccc(N2CCN(C(=O)CC3OCCn4c3nn(C)c4=O)CC2)c1. The summed E-state index contributed by atoms with van der Waals surface area (Å²) in [5.41, 5.74) is 0.933. The fraction of sp³-hybridized carbons (Fsp3) is 0.526. The zero-order valence-electron chi connectivity index (χ0n) is 16.2. The molecule has 1 unspecified atom stereocenters. The number of benzene rings is 1. The van der Waals surface area contributed by atoms with Gasteiger partial charge in [0.2, 0.25) is 5.91 Å². The van der Waals surface area contributed by atoms with Crippen LogP contribution in [0, 0.1) is 0 Å². The summed E-state index contributed by atoms with van der Waals surface area (Å²) in [4.78, 5) is 29.0. The van der Waals surface area contributed by atoms with Crippen molar-refractivity contribution in [2.24, 2.45) is 7.05 Å². The third-order valence-corrected chi connectivity index (χ3v) is 5.37. The molecule has 28 heavy (non-hydrogen) atoms. The Morgan fingerprint density at radius 2 is 2.04 bits per heavy atom. The van der Waals surface area contributed by atoms with Crippen molar-refractivity contribution < 1.29 is 14.3 Å². The Bertz CT molecular complexity index is 913. The van der Waals surface area contributed by atoms with Gasteiger partial charge in [0.25, 0.3) is 0 Å².